The van der Waals surface area contributed by atoms with E-state index in [9.17, 15) is 19.8 Å². The molecule has 1 aliphatic rings. The van der Waals surface area contributed by atoms with E-state index < -0.39 is 17.7 Å². The Morgan fingerprint density at radius 1 is 1.00 bits per heavy atom. The maximum atomic E-state index is 13.2. The molecule has 0 saturated carbocycles. The summed E-state index contributed by atoms with van der Waals surface area (Å²) in [6.07, 6.45) is 3.44. The normalized spacial score (nSPS) is 17.3. The van der Waals surface area contributed by atoms with Crippen molar-refractivity contribution in [2.45, 2.75) is 52.5 Å². The summed E-state index contributed by atoms with van der Waals surface area (Å²) in [7, 11) is 0. The van der Waals surface area contributed by atoms with Crippen LogP contribution in [0, 0.1) is 0 Å². The molecule has 1 fully saturated rings. The van der Waals surface area contributed by atoms with E-state index in [1.54, 1.807) is 43.3 Å². The fourth-order valence-electron chi connectivity index (χ4n) is 4.07. The van der Waals surface area contributed by atoms with Gasteiger partial charge in [0.25, 0.3) is 11.7 Å². The Morgan fingerprint density at radius 3 is 2.50 bits per heavy atom. The second-order valence-corrected chi connectivity index (χ2v) is 8.24. The third-order valence-electron chi connectivity index (χ3n) is 5.72. The minimum atomic E-state index is -0.795. The van der Waals surface area contributed by atoms with E-state index in [0.717, 1.165) is 25.7 Å². The average molecular weight is 468 g/mol. The lowest BCUT2D eigenvalue weighted by Crippen LogP contribution is -2.30. The van der Waals surface area contributed by atoms with Crippen molar-refractivity contribution in [2.24, 2.45) is 0 Å². The molecule has 1 unspecified atom stereocenters. The summed E-state index contributed by atoms with van der Waals surface area (Å²) < 4.78 is 11.2. The largest absolute Gasteiger partial charge is 0.507 e. The molecule has 1 atom stereocenters. The Labute approximate surface area is 200 Å². The number of aliphatic hydroxyl groups excluding tert-OH is 1. The Balaban J connectivity index is 2.12. The first-order chi connectivity index (χ1) is 16.4. The van der Waals surface area contributed by atoms with Crippen LogP contribution in [0.1, 0.15) is 63.6 Å². The van der Waals surface area contributed by atoms with Crippen molar-refractivity contribution in [3.63, 3.8) is 0 Å². The van der Waals surface area contributed by atoms with Gasteiger partial charge in [-0.05, 0) is 49.6 Å². The zero-order valence-electron chi connectivity index (χ0n) is 20.0. The molecular formula is C27H33NO6. The molecule has 7 heteroatoms. The highest BCUT2D eigenvalue weighted by Gasteiger charge is 2.46. The van der Waals surface area contributed by atoms with Gasteiger partial charge < -0.3 is 24.6 Å². The fraction of sp³-hybridized carbons (Fsp3) is 0.407. The van der Waals surface area contributed by atoms with Crippen molar-refractivity contribution in [3.05, 3.63) is 59.2 Å². The predicted octanol–water partition coefficient (Wildman–Crippen LogP) is 5.19. The van der Waals surface area contributed by atoms with Gasteiger partial charge >= 0.3 is 0 Å². The molecule has 34 heavy (non-hydrogen) atoms. The number of aromatic hydroxyl groups is 1. The molecule has 0 aromatic heterocycles. The number of carbonyl (C=O) groups is 2. The zero-order chi connectivity index (χ0) is 24.7. The van der Waals surface area contributed by atoms with E-state index in [1.165, 1.54) is 11.0 Å². The highest BCUT2D eigenvalue weighted by atomic mass is 16.5. The Bertz CT molecular complexity index is 1060. The summed E-state index contributed by atoms with van der Waals surface area (Å²) in [5, 5.41) is 21.4. The molecule has 0 aliphatic carbocycles. The molecular weight excluding hydrogens is 434 g/mol. The van der Waals surface area contributed by atoms with E-state index in [4.69, 9.17) is 9.47 Å². The number of amides is 1. The molecule has 182 valence electrons. The summed E-state index contributed by atoms with van der Waals surface area (Å²) in [6, 6.07) is 10.8. The number of ether oxygens (including phenoxy) is 2. The number of Topliss-reactive ketones (excluding diaryl/α,β-unsaturated/α-hetero) is 1. The van der Waals surface area contributed by atoms with Crippen LogP contribution in [-0.2, 0) is 9.59 Å². The summed E-state index contributed by atoms with van der Waals surface area (Å²) in [6.45, 7) is 7.12. The van der Waals surface area contributed by atoms with Crippen LogP contribution in [0.2, 0.25) is 0 Å². The van der Waals surface area contributed by atoms with E-state index in [2.05, 4.69) is 6.92 Å². The number of rotatable bonds is 11. The van der Waals surface area contributed by atoms with Gasteiger partial charge in [0.05, 0.1) is 24.8 Å². The van der Waals surface area contributed by atoms with Gasteiger partial charge in [0.2, 0.25) is 0 Å². The first-order valence-corrected chi connectivity index (χ1v) is 11.9. The fourth-order valence-corrected chi connectivity index (χ4v) is 4.07. The van der Waals surface area contributed by atoms with Gasteiger partial charge in [-0.15, -0.1) is 0 Å². The highest BCUT2D eigenvalue weighted by molar-refractivity contribution is 6.46. The molecule has 1 heterocycles. The van der Waals surface area contributed by atoms with E-state index >= 15 is 0 Å². The standard InChI is InChI=1S/C27H33NO6/c1-4-7-8-14-28-24(18-12-13-21(29)22(17-18)33-6-3)23(26(31)27(28)32)25(30)19-10-9-11-20(16-19)34-15-5-2/h9-13,16-17,24,29-30H,4-8,14-15H2,1-3H3/b25-23-. The molecule has 0 spiro atoms. The molecule has 1 saturated heterocycles. The van der Waals surface area contributed by atoms with Crippen LogP contribution in [0.5, 0.6) is 17.2 Å². The molecule has 1 amide bonds. The number of phenolic OH excluding ortho intramolecular Hbond substituents is 1. The lowest BCUT2D eigenvalue weighted by Gasteiger charge is -2.26. The van der Waals surface area contributed by atoms with E-state index in [0.29, 0.717) is 36.6 Å². The van der Waals surface area contributed by atoms with Crippen molar-refractivity contribution in [3.8, 4) is 17.2 Å². The van der Waals surface area contributed by atoms with E-state index in [-0.39, 0.29) is 22.8 Å². The van der Waals surface area contributed by atoms with Crippen LogP contribution >= 0.6 is 0 Å². The summed E-state index contributed by atoms with van der Waals surface area (Å²) in [4.78, 5) is 27.7. The van der Waals surface area contributed by atoms with Gasteiger partial charge in [0.1, 0.15) is 11.5 Å². The average Bonchev–Trinajstić information content (AvgIpc) is 3.09. The van der Waals surface area contributed by atoms with Crippen LogP contribution in [0.25, 0.3) is 5.76 Å². The number of benzene rings is 2. The second-order valence-electron chi connectivity index (χ2n) is 8.24. The molecule has 7 nitrogen and oxygen atoms in total. The second kappa shape index (κ2) is 11.6. The van der Waals surface area contributed by atoms with Gasteiger partial charge in [-0.1, -0.05) is 44.9 Å². The maximum absolute atomic E-state index is 13.2. The van der Waals surface area contributed by atoms with Gasteiger partial charge in [0.15, 0.2) is 11.5 Å². The van der Waals surface area contributed by atoms with Crippen LogP contribution in [0.3, 0.4) is 0 Å². The van der Waals surface area contributed by atoms with Crippen LogP contribution in [0.15, 0.2) is 48.0 Å². The first-order valence-electron chi connectivity index (χ1n) is 11.9. The van der Waals surface area contributed by atoms with Crippen molar-refractivity contribution in [1.29, 1.82) is 0 Å². The maximum Gasteiger partial charge on any atom is 0.295 e. The zero-order valence-corrected chi connectivity index (χ0v) is 20.0. The van der Waals surface area contributed by atoms with Crippen LogP contribution < -0.4 is 9.47 Å². The van der Waals surface area contributed by atoms with Gasteiger partial charge in [0, 0.05) is 12.1 Å². The number of nitrogens with zero attached hydrogens (tertiary/aromatic N) is 1. The van der Waals surface area contributed by atoms with Crippen molar-refractivity contribution in [1.82, 2.24) is 4.90 Å². The van der Waals surface area contributed by atoms with Gasteiger partial charge in [-0.25, -0.2) is 0 Å². The molecule has 0 bridgehead atoms. The Hall–Kier alpha value is -3.48. The lowest BCUT2D eigenvalue weighted by molar-refractivity contribution is -0.139. The van der Waals surface area contributed by atoms with Crippen LogP contribution in [0.4, 0.5) is 0 Å². The van der Waals surface area contributed by atoms with Crippen molar-refractivity contribution < 1.29 is 29.3 Å². The molecule has 2 N–H and O–H groups in total. The highest BCUT2D eigenvalue weighted by Crippen LogP contribution is 2.42. The van der Waals surface area contributed by atoms with Crippen molar-refractivity contribution >= 4 is 17.4 Å². The van der Waals surface area contributed by atoms with Gasteiger partial charge in [-0.3, -0.25) is 9.59 Å². The molecule has 3 rings (SSSR count). The topological polar surface area (TPSA) is 96.3 Å². The number of likely N-dealkylation sites (tertiary alicyclic amines) is 1. The summed E-state index contributed by atoms with van der Waals surface area (Å²) >= 11 is 0. The molecule has 2 aromatic carbocycles. The third kappa shape index (κ3) is 5.35. The first kappa shape index (κ1) is 25.1. The SMILES string of the molecule is CCCCCN1C(=O)C(=O)/C(=C(\O)c2cccc(OCCC)c2)C1c1ccc(O)c(OCC)c1. The minimum absolute atomic E-state index is 0.0160. The molecule has 0 radical (unpaired) electrons. The smallest absolute Gasteiger partial charge is 0.295 e. The molecule has 2 aromatic rings. The Morgan fingerprint density at radius 2 is 1.79 bits per heavy atom. The Kier molecular flexibility index (Phi) is 8.57. The van der Waals surface area contributed by atoms with Crippen molar-refractivity contribution in [2.75, 3.05) is 19.8 Å². The number of hydrogen-bond acceptors (Lipinski definition) is 6. The summed E-state index contributed by atoms with van der Waals surface area (Å²) in [5.41, 5.74) is 0.994. The predicted molar refractivity (Wildman–Crippen MR) is 130 cm³/mol. The minimum Gasteiger partial charge on any atom is -0.507 e. The number of ketones is 1. The number of unbranched alkanes of at least 4 members (excludes halogenated alkanes) is 2. The van der Waals surface area contributed by atoms with Crippen LogP contribution in [-0.4, -0.2) is 46.6 Å². The number of aliphatic hydroxyl groups is 1. The monoisotopic (exact) mass is 467 g/mol. The number of hydrogen-bond donors (Lipinski definition) is 2. The number of phenols is 1. The van der Waals surface area contributed by atoms with E-state index in [1.807, 2.05) is 6.92 Å². The van der Waals surface area contributed by atoms with Gasteiger partial charge in [-0.2, -0.15) is 0 Å². The summed E-state index contributed by atoms with van der Waals surface area (Å²) in [5.74, 6) is -0.836. The third-order valence-corrected chi connectivity index (χ3v) is 5.72. The lowest BCUT2D eigenvalue weighted by atomic mass is 9.94. The molecule has 1 aliphatic heterocycles. The quantitative estimate of drug-likeness (QED) is 0.204. The number of carbonyl (C=O) groups excluding carboxylic acids is 2.